The highest BCUT2D eigenvalue weighted by molar-refractivity contribution is 7.16. The molecule has 20 heavy (non-hydrogen) atoms. The number of hydrogen-bond donors (Lipinski definition) is 0. The Bertz CT molecular complexity index is 795. The van der Waals surface area contributed by atoms with Crippen LogP contribution in [0.2, 0.25) is 0 Å². The standard InChI is InChI=1S/C14H12N2O3S/c1-3-5-16-9-6-10-11(19-8-18-10)7-12(9)20-14(16)15-13(17)4-2/h1,6-7H,4-5,8H2,2H3. The van der Waals surface area contributed by atoms with Gasteiger partial charge in [0.25, 0.3) is 0 Å². The molecule has 0 N–H and O–H groups in total. The van der Waals surface area contributed by atoms with Crippen molar-refractivity contribution >= 4 is 27.5 Å². The predicted octanol–water partition coefficient (Wildman–Crippen LogP) is 1.90. The molecule has 1 aliphatic rings. The first-order valence-corrected chi connectivity index (χ1v) is 6.98. The molecule has 6 heteroatoms. The fourth-order valence-electron chi connectivity index (χ4n) is 1.97. The van der Waals surface area contributed by atoms with Crippen LogP contribution >= 0.6 is 11.3 Å². The van der Waals surface area contributed by atoms with E-state index in [0.29, 0.717) is 29.3 Å². The van der Waals surface area contributed by atoms with Crippen LogP contribution in [0.15, 0.2) is 17.1 Å². The molecule has 3 rings (SSSR count). The van der Waals surface area contributed by atoms with Gasteiger partial charge >= 0.3 is 0 Å². The van der Waals surface area contributed by atoms with Gasteiger partial charge in [0.05, 0.1) is 16.8 Å². The van der Waals surface area contributed by atoms with Crippen LogP contribution in [0.4, 0.5) is 0 Å². The molecule has 102 valence electrons. The Balaban J connectivity index is 2.26. The zero-order valence-corrected chi connectivity index (χ0v) is 11.7. The van der Waals surface area contributed by atoms with E-state index in [-0.39, 0.29) is 12.7 Å². The van der Waals surface area contributed by atoms with Gasteiger partial charge in [0, 0.05) is 18.6 Å². The summed E-state index contributed by atoms with van der Waals surface area (Å²) in [7, 11) is 0. The van der Waals surface area contributed by atoms with E-state index in [1.165, 1.54) is 11.3 Å². The first kappa shape index (κ1) is 12.8. The summed E-state index contributed by atoms with van der Waals surface area (Å²) in [5.41, 5.74) is 0.903. The summed E-state index contributed by atoms with van der Waals surface area (Å²) in [6, 6.07) is 3.77. The number of aromatic nitrogens is 1. The van der Waals surface area contributed by atoms with Gasteiger partial charge in [0.2, 0.25) is 12.7 Å². The van der Waals surface area contributed by atoms with Gasteiger partial charge in [-0.05, 0) is 0 Å². The normalized spacial score (nSPS) is 13.7. The van der Waals surface area contributed by atoms with Crippen molar-refractivity contribution < 1.29 is 14.3 Å². The lowest BCUT2D eigenvalue weighted by atomic mass is 10.3. The second kappa shape index (κ2) is 5.02. The van der Waals surface area contributed by atoms with Crippen molar-refractivity contribution in [3.63, 3.8) is 0 Å². The lowest BCUT2D eigenvalue weighted by molar-refractivity contribution is -0.117. The maximum Gasteiger partial charge on any atom is 0.248 e. The minimum Gasteiger partial charge on any atom is -0.454 e. The largest absolute Gasteiger partial charge is 0.454 e. The molecule has 5 nitrogen and oxygen atoms in total. The second-order valence-electron chi connectivity index (χ2n) is 4.21. The third kappa shape index (κ3) is 2.06. The summed E-state index contributed by atoms with van der Waals surface area (Å²) >= 11 is 1.42. The summed E-state index contributed by atoms with van der Waals surface area (Å²) in [4.78, 5) is 16.2. The minimum absolute atomic E-state index is 0.164. The zero-order chi connectivity index (χ0) is 14.1. The van der Waals surface area contributed by atoms with Gasteiger partial charge in [0.15, 0.2) is 16.3 Å². The van der Waals surface area contributed by atoms with E-state index in [9.17, 15) is 4.79 Å². The lowest BCUT2D eigenvalue weighted by Gasteiger charge is -2.01. The Kier molecular flexibility index (Phi) is 3.20. The maximum absolute atomic E-state index is 11.5. The molecule has 0 aliphatic carbocycles. The molecule has 0 spiro atoms. The van der Waals surface area contributed by atoms with Crippen LogP contribution in [-0.2, 0) is 11.3 Å². The number of amides is 1. The van der Waals surface area contributed by atoms with Crippen molar-refractivity contribution in [2.75, 3.05) is 6.79 Å². The summed E-state index contributed by atoms with van der Waals surface area (Å²) in [6.45, 7) is 2.36. The van der Waals surface area contributed by atoms with Crippen LogP contribution in [-0.4, -0.2) is 17.3 Å². The van der Waals surface area contributed by atoms with E-state index in [1.54, 1.807) is 6.92 Å². The average Bonchev–Trinajstić information content (AvgIpc) is 3.01. The van der Waals surface area contributed by atoms with Crippen LogP contribution < -0.4 is 14.3 Å². The number of terminal acetylenes is 1. The summed E-state index contributed by atoms with van der Waals surface area (Å²) in [5.74, 6) is 3.82. The number of nitrogens with zero attached hydrogens (tertiary/aromatic N) is 2. The van der Waals surface area contributed by atoms with Gasteiger partial charge in [0.1, 0.15) is 0 Å². The molecular weight excluding hydrogens is 276 g/mol. The molecule has 0 radical (unpaired) electrons. The van der Waals surface area contributed by atoms with E-state index in [4.69, 9.17) is 15.9 Å². The van der Waals surface area contributed by atoms with E-state index >= 15 is 0 Å². The van der Waals surface area contributed by atoms with Gasteiger partial charge in [-0.15, -0.1) is 6.42 Å². The number of ether oxygens (including phenoxy) is 2. The Morgan fingerprint density at radius 3 is 2.95 bits per heavy atom. The van der Waals surface area contributed by atoms with Crippen LogP contribution in [0.5, 0.6) is 11.5 Å². The fourth-order valence-corrected chi connectivity index (χ4v) is 3.03. The number of carbonyl (C=O) groups excluding carboxylic acids is 1. The first-order valence-electron chi connectivity index (χ1n) is 6.17. The maximum atomic E-state index is 11.5. The van der Waals surface area contributed by atoms with Gasteiger partial charge in [-0.1, -0.05) is 24.2 Å². The van der Waals surface area contributed by atoms with Gasteiger partial charge in [-0.3, -0.25) is 4.79 Å². The van der Waals surface area contributed by atoms with E-state index in [2.05, 4.69) is 10.9 Å². The number of hydrogen-bond acceptors (Lipinski definition) is 4. The Hall–Kier alpha value is -2.26. The van der Waals surface area contributed by atoms with Crippen molar-refractivity contribution in [1.29, 1.82) is 0 Å². The fraction of sp³-hybridized carbons (Fsp3) is 0.286. The molecule has 0 fully saturated rings. The number of rotatable bonds is 2. The van der Waals surface area contributed by atoms with Gasteiger partial charge < -0.3 is 14.0 Å². The molecule has 0 unspecified atom stereocenters. The Morgan fingerprint density at radius 2 is 2.25 bits per heavy atom. The van der Waals surface area contributed by atoms with Crippen molar-refractivity contribution in [3.8, 4) is 23.8 Å². The van der Waals surface area contributed by atoms with Gasteiger partial charge in [-0.2, -0.15) is 4.99 Å². The Morgan fingerprint density at radius 1 is 1.50 bits per heavy atom. The number of fused-ring (bicyclic) bond motifs is 2. The molecule has 1 aromatic carbocycles. The van der Waals surface area contributed by atoms with Crippen LogP contribution in [0, 0.1) is 12.3 Å². The monoisotopic (exact) mass is 288 g/mol. The zero-order valence-electron chi connectivity index (χ0n) is 10.9. The highest BCUT2D eigenvalue weighted by Crippen LogP contribution is 2.36. The van der Waals surface area contributed by atoms with Crippen LogP contribution in [0.1, 0.15) is 13.3 Å². The molecule has 0 saturated heterocycles. The topological polar surface area (TPSA) is 52.8 Å². The molecule has 0 bridgehead atoms. The molecule has 0 atom stereocenters. The van der Waals surface area contributed by atoms with E-state index < -0.39 is 0 Å². The average molecular weight is 288 g/mol. The molecular formula is C14H12N2O3S. The summed E-state index contributed by atoms with van der Waals surface area (Å²) in [6.07, 6.45) is 5.78. The molecule has 1 aromatic heterocycles. The first-order chi connectivity index (χ1) is 9.72. The SMILES string of the molecule is C#CCn1c(=NC(=O)CC)sc2cc3c(cc21)OCO3. The lowest BCUT2D eigenvalue weighted by Crippen LogP contribution is -2.16. The number of carbonyl (C=O) groups is 1. The van der Waals surface area contributed by atoms with Crippen molar-refractivity contribution in [2.45, 2.75) is 19.9 Å². The predicted molar refractivity (Wildman–Crippen MR) is 75.6 cm³/mol. The van der Waals surface area contributed by atoms with E-state index in [1.807, 2.05) is 16.7 Å². The highest BCUT2D eigenvalue weighted by Gasteiger charge is 2.17. The molecule has 1 aliphatic heterocycles. The molecule has 2 heterocycles. The number of benzene rings is 1. The van der Waals surface area contributed by atoms with Crippen molar-refractivity contribution in [1.82, 2.24) is 4.57 Å². The van der Waals surface area contributed by atoms with Crippen molar-refractivity contribution in [2.24, 2.45) is 4.99 Å². The molecule has 1 amide bonds. The third-order valence-electron chi connectivity index (χ3n) is 2.95. The Labute approximate surface area is 119 Å². The third-order valence-corrected chi connectivity index (χ3v) is 3.99. The molecule has 2 aromatic rings. The highest BCUT2D eigenvalue weighted by atomic mass is 32.1. The second-order valence-corrected chi connectivity index (χ2v) is 5.22. The smallest absolute Gasteiger partial charge is 0.248 e. The quantitative estimate of drug-likeness (QED) is 0.793. The van der Waals surface area contributed by atoms with Crippen molar-refractivity contribution in [3.05, 3.63) is 16.9 Å². The summed E-state index contributed by atoms with van der Waals surface area (Å²) < 4.78 is 13.5. The summed E-state index contributed by atoms with van der Waals surface area (Å²) in [5, 5.41) is 0. The number of thiazole rings is 1. The minimum atomic E-state index is -0.164. The van der Waals surface area contributed by atoms with Crippen LogP contribution in [0.25, 0.3) is 10.2 Å². The van der Waals surface area contributed by atoms with E-state index in [0.717, 1.165) is 10.2 Å². The van der Waals surface area contributed by atoms with Gasteiger partial charge in [-0.25, -0.2) is 0 Å². The molecule has 0 saturated carbocycles. The van der Waals surface area contributed by atoms with Crippen LogP contribution in [0.3, 0.4) is 0 Å².